The van der Waals surface area contributed by atoms with Crippen molar-refractivity contribution in [1.29, 1.82) is 0 Å². The zero-order chi connectivity index (χ0) is 39.8. The van der Waals surface area contributed by atoms with Gasteiger partial charge in [-0.1, -0.05) is 140 Å². The largest absolute Gasteiger partial charge is 0.454 e. The van der Waals surface area contributed by atoms with Crippen molar-refractivity contribution in [3.05, 3.63) is 188 Å². The van der Waals surface area contributed by atoms with E-state index in [0.717, 1.165) is 55.3 Å². The molecule has 0 radical (unpaired) electrons. The Morgan fingerprint density at radius 2 is 0.902 bits per heavy atom. The monoisotopic (exact) mass is 777 g/mol. The van der Waals surface area contributed by atoms with Crippen molar-refractivity contribution in [2.45, 2.75) is 0 Å². The van der Waals surface area contributed by atoms with Gasteiger partial charge < -0.3 is 13.4 Å². The summed E-state index contributed by atoms with van der Waals surface area (Å²) in [5.74, 6) is 1.82. The number of para-hydroxylation sites is 3. The lowest BCUT2D eigenvalue weighted by Gasteiger charge is -2.13. The molecule has 0 atom stereocenters. The van der Waals surface area contributed by atoms with Crippen LogP contribution in [0.25, 0.3) is 132 Å². The van der Waals surface area contributed by atoms with Crippen LogP contribution < -0.4 is 0 Å². The summed E-state index contributed by atoms with van der Waals surface area (Å²) in [4.78, 5) is 15.4. The van der Waals surface area contributed by atoms with E-state index in [0.29, 0.717) is 17.5 Å². The van der Waals surface area contributed by atoms with Gasteiger partial charge in [-0.25, -0.2) is 15.0 Å². The van der Waals surface area contributed by atoms with E-state index in [4.69, 9.17) is 19.4 Å². The molecule has 0 aliphatic carbocycles. The van der Waals surface area contributed by atoms with Crippen molar-refractivity contribution in [1.82, 2.24) is 23.9 Å². The van der Waals surface area contributed by atoms with Gasteiger partial charge in [-0.3, -0.25) is 0 Å². The molecule has 61 heavy (non-hydrogen) atoms. The molecule has 0 unspecified atom stereocenters. The van der Waals surface area contributed by atoms with E-state index in [2.05, 4.69) is 130 Å². The van der Waals surface area contributed by atoms with Gasteiger partial charge in [0.1, 0.15) is 5.58 Å². The first-order valence-electron chi connectivity index (χ1n) is 20.6. The molecular formula is C55H31N5O. The maximum atomic E-state index is 6.93. The van der Waals surface area contributed by atoms with E-state index < -0.39 is 0 Å². The first-order valence-corrected chi connectivity index (χ1v) is 20.6. The molecule has 0 N–H and O–H groups in total. The average molecular weight is 778 g/mol. The van der Waals surface area contributed by atoms with Crippen molar-refractivity contribution in [2.24, 2.45) is 0 Å². The smallest absolute Gasteiger partial charge is 0.164 e. The normalized spacial score (nSPS) is 12.3. The summed E-state index contributed by atoms with van der Waals surface area (Å²) in [7, 11) is 0. The molecule has 0 spiro atoms. The quantitative estimate of drug-likeness (QED) is 0.179. The Morgan fingerprint density at radius 3 is 1.66 bits per heavy atom. The zero-order valence-corrected chi connectivity index (χ0v) is 32.5. The van der Waals surface area contributed by atoms with E-state index >= 15 is 0 Å². The van der Waals surface area contributed by atoms with E-state index in [-0.39, 0.29) is 0 Å². The van der Waals surface area contributed by atoms with Crippen LogP contribution in [-0.4, -0.2) is 23.9 Å². The highest BCUT2D eigenvalue weighted by atomic mass is 16.3. The minimum absolute atomic E-state index is 0.588. The predicted octanol–water partition coefficient (Wildman–Crippen LogP) is 14.2. The molecular weight excluding hydrogens is 747 g/mol. The summed E-state index contributed by atoms with van der Waals surface area (Å²) < 4.78 is 11.8. The number of fused-ring (bicyclic) bond motifs is 13. The van der Waals surface area contributed by atoms with E-state index in [1.165, 1.54) is 59.6 Å². The van der Waals surface area contributed by atoms with Crippen molar-refractivity contribution in [3.8, 4) is 39.9 Å². The first-order chi connectivity index (χ1) is 30.2. The van der Waals surface area contributed by atoms with Crippen LogP contribution >= 0.6 is 0 Å². The highest BCUT2D eigenvalue weighted by Crippen LogP contribution is 2.45. The average Bonchev–Trinajstić information content (AvgIpc) is 4.06. The van der Waals surface area contributed by atoms with E-state index in [9.17, 15) is 0 Å². The minimum Gasteiger partial charge on any atom is -0.454 e. The van der Waals surface area contributed by atoms with Crippen molar-refractivity contribution in [2.75, 3.05) is 0 Å². The Balaban J connectivity index is 1.14. The van der Waals surface area contributed by atoms with Gasteiger partial charge in [0.05, 0.1) is 33.3 Å². The number of hydrogen-bond acceptors (Lipinski definition) is 4. The molecule has 6 heteroatoms. The Kier molecular flexibility index (Phi) is 6.46. The third-order valence-electron chi connectivity index (χ3n) is 12.6. The van der Waals surface area contributed by atoms with Crippen LogP contribution in [0, 0.1) is 0 Å². The van der Waals surface area contributed by atoms with Crippen LogP contribution in [0.3, 0.4) is 0 Å². The lowest BCUT2D eigenvalue weighted by molar-refractivity contribution is 0.666. The maximum absolute atomic E-state index is 6.93. The van der Waals surface area contributed by atoms with E-state index in [1.54, 1.807) is 0 Å². The van der Waals surface area contributed by atoms with E-state index in [1.807, 2.05) is 66.7 Å². The fourth-order valence-electron chi connectivity index (χ4n) is 9.92. The van der Waals surface area contributed by atoms with Gasteiger partial charge in [0.15, 0.2) is 23.1 Å². The number of aromatic nitrogens is 5. The topological polar surface area (TPSA) is 61.2 Å². The second-order valence-electron chi connectivity index (χ2n) is 16.0. The molecule has 0 aliphatic heterocycles. The van der Waals surface area contributed by atoms with Gasteiger partial charge in [0.2, 0.25) is 0 Å². The molecule has 9 aromatic carbocycles. The molecule has 0 fully saturated rings. The highest BCUT2D eigenvalue weighted by Gasteiger charge is 2.24. The van der Waals surface area contributed by atoms with Crippen molar-refractivity contribution >= 4 is 92.6 Å². The Bertz CT molecular complexity index is 4050. The molecule has 0 saturated heterocycles. The molecule has 6 nitrogen and oxygen atoms in total. The van der Waals surface area contributed by atoms with Gasteiger partial charge in [0, 0.05) is 59.8 Å². The second kappa shape index (κ2) is 12.1. The molecule has 0 aliphatic rings. The summed E-state index contributed by atoms with van der Waals surface area (Å²) >= 11 is 0. The molecule has 0 amide bonds. The van der Waals surface area contributed by atoms with Crippen LogP contribution in [0.15, 0.2) is 192 Å². The molecule has 282 valence electrons. The summed E-state index contributed by atoms with van der Waals surface area (Å²) in [6.45, 7) is 0. The third-order valence-corrected chi connectivity index (χ3v) is 12.6. The van der Waals surface area contributed by atoms with Gasteiger partial charge in [-0.15, -0.1) is 0 Å². The standard InChI is InChI=1S/C55H31N5O/c1-3-14-32(15-4-1)53-56-54(33-16-5-2-6-17-33)58-55(57-53)36-27-44-38-21-10-12-25-50(38)61-52(44)49(29-36)59-46-28-35-19-8-7-18-34(35)26-41(46)43-30-42-40-23-13-22-39-37-20-9-11-24-45(37)60(51(39)40)48(42)31-47(43)59/h1-31H. The molecule has 5 aromatic heterocycles. The Hall–Kier alpha value is -8.35. The molecule has 5 heterocycles. The molecule has 0 bridgehead atoms. The lowest BCUT2D eigenvalue weighted by Crippen LogP contribution is -2.01. The number of nitrogens with zero attached hydrogens (tertiary/aromatic N) is 5. The maximum Gasteiger partial charge on any atom is 0.164 e. The van der Waals surface area contributed by atoms with Crippen molar-refractivity contribution in [3.63, 3.8) is 0 Å². The van der Waals surface area contributed by atoms with Crippen LogP contribution in [0.1, 0.15) is 0 Å². The number of hydrogen-bond donors (Lipinski definition) is 0. The van der Waals surface area contributed by atoms with Crippen LogP contribution in [0.2, 0.25) is 0 Å². The number of rotatable bonds is 4. The SMILES string of the molecule is c1ccc(-c2nc(-c3ccccc3)nc(-c3cc(-n4c5cc6ccccc6cc5c5cc6c7cccc8c9ccccc9n(c6cc54)c87)c4oc5ccccc5c4c3)n2)cc1. The fourth-order valence-corrected chi connectivity index (χ4v) is 9.92. The summed E-state index contributed by atoms with van der Waals surface area (Å²) in [5.41, 5.74) is 11.1. The highest BCUT2D eigenvalue weighted by molar-refractivity contribution is 6.27. The van der Waals surface area contributed by atoms with Gasteiger partial charge in [0.25, 0.3) is 0 Å². The fraction of sp³-hybridized carbons (Fsp3) is 0. The predicted molar refractivity (Wildman–Crippen MR) is 250 cm³/mol. The first kappa shape index (κ1) is 32.6. The third kappa shape index (κ3) is 4.58. The van der Waals surface area contributed by atoms with Gasteiger partial charge >= 0.3 is 0 Å². The summed E-state index contributed by atoms with van der Waals surface area (Å²) in [6, 6.07) is 66.6. The number of furan rings is 1. The lowest BCUT2D eigenvalue weighted by atomic mass is 10.0. The zero-order valence-electron chi connectivity index (χ0n) is 32.5. The van der Waals surface area contributed by atoms with Gasteiger partial charge in [-0.2, -0.15) is 0 Å². The van der Waals surface area contributed by atoms with Crippen molar-refractivity contribution < 1.29 is 4.42 Å². The molecule has 0 saturated carbocycles. The Labute approximate surface area is 347 Å². The van der Waals surface area contributed by atoms with Gasteiger partial charge in [-0.05, 0) is 59.3 Å². The second-order valence-corrected chi connectivity index (χ2v) is 16.0. The van der Waals surface area contributed by atoms with Crippen LogP contribution in [0.4, 0.5) is 0 Å². The molecule has 14 rings (SSSR count). The van der Waals surface area contributed by atoms with Crippen LogP contribution in [0.5, 0.6) is 0 Å². The summed E-state index contributed by atoms with van der Waals surface area (Å²) in [5, 5.41) is 11.8. The number of benzene rings is 9. The summed E-state index contributed by atoms with van der Waals surface area (Å²) in [6.07, 6.45) is 0. The Morgan fingerprint density at radius 1 is 0.344 bits per heavy atom. The molecule has 14 aromatic rings. The van der Waals surface area contributed by atoms with Crippen LogP contribution in [-0.2, 0) is 0 Å². The minimum atomic E-state index is 0.588.